The van der Waals surface area contributed by atoms with Gasteiger partial charge in [-0.3, -0.25) is 9.59 Å². The molecule has 28 heavy (non-hydrogen) atoms. The van der Waals surface area contributed by atoms with Crippen molar-refractivity contribution in [3.63, 3.8) is 0 Å². The molecular weight excluding hydrogens is 376 g/mol. The van der Waals surface area contributed by atoms with Crippen LogP contribution in [0.4, 0.5) is 5.69 Å². The minimum absolute atomic E-state index is 0.0498. The number of amides is 2. The zero-order valence-corrected chi connectivity index (χ0v) is 16.6. The van der Waals surface area contributed by atoms with E-state index in [-0.39, 0.29) is 18.4 Å². The Morgan fingerprint density at radius 1 is 0.964 bits per heavy atom. The van der Waals surface area contributed by atoms with Crippen molar-refractivity contribution in [2.45, 2.75) is 32.1 Å². The number of rotatable bonds is 5. The van der Waals surface area contributed by atoms with Crippen LogP contribution in [0.15, 0.2) is 48.5 Å². The van der Waals surface area contributed by atoms with Crippen LogP contribution >= 0.6 is 11.6 Å². The van der Waals surface area contributed by atoms with Gasteiger partial charge in [-0.15, -0.1) is 0 Å². The van der Waals surface area contributed by atoms with Gasteiger partial charge in [0.2, 0.25) is 0 Å². The SMILES string of the molecule is O=C(Nc1ccccc1)c1cc(Cl)ccc1OCC(=O)N1CCCCCCC1. The monoisotopic (exact) mass is 400 g/mol. The van der Waals surface area contributed by atoms with Crippen molar-refractivity contribution in [2.24, 2.45) is 0 Å². The van der Waals surface area contributed by atoms with E-state index in [2.05, 4.69) is 5.32 Å². The molecule has 0 spiro atoms. The Kier molecular flexibility index (Phi) is 7.31. The molecule has 0 saturated carbocycles. The fourth-order valence-electron chi connectivity index (χ4n) is 3.25. The second kappa shape index (κ2) is 10.1. The third-order valence-corrected chi connectivity index (χ3v) is 5.01. The number of carbonyl (C=O) groups excluding carboxylic acids is 2. The van der Waals surface area contributed by atoms with Crippen LogP contribution < -0.4 is 10.1 Å². The molecule has 0 aliphatic carbocycles. The predicted molar refractivity (Wildman–Crippen MR) is 111 cm³/mol. The van der Waals surface area contributed by atoms with E-state index in [1.165, 1.54) is 6.42 Å². The van der Waals surface area contributed by atoms with Crippen LogP contribution in [-0.4, -0.2) is 36.4 Å². The van der Waals surface area contributed by atoms with Crippen LogP contribution in [0.5, 0.6) is 5.75 Å². The van der Waals surface area contributed by atoms with Gasteiger partial charge in [0.25, 0.3) is 11.8 Å². The number of benzene rings is 2. The van der Waals surface area contributed by atoms with Gasteiger partial charge >= 0.3 is 0 Å². The number of anilines is 1. The number of hydrogen-bond acceptors (Lipinski definition) is 3. The van der Waals surface area contributed by atoms with Gasteiger partial charge in [-0.2, -0.15) is 0 Å². The van der Waals surface area contributed by atoms with Gasteiger partial charge in [0.15, 0.2) is 6.61 Å². The summed E-state index contributed by atoms with van der Waals surface area (Å²) in [4.78, 5) is 27.1. The van der Waals surface area contributed by atoms with E-state index >= 15 is 0 Å². The third kappa shape index (κ3) is 5.73. The first-order valence-corrected chi connectivity index (χ1v) is 10.1. The summed E-state index contributed by atoms with van der Waals surface area (Å²) in [5, 5.41) is 3.25. The summed E-state index contributed by atoms with van der Waals surface area (Å²) in [5.41, 5.74) is 0.979. The van der Waals surface area contributed by atoms with Crippen molar-refractivity contribution in [1.29, 1.82) is 0 Å². The lowest BCUT2D eigenvalue weighted by Crippen LogP contribution is -2.37. The van der Waals surface area contributed by atoms with Crippen molar-refractivity contribution in [2.75, 3.05) is 25.0 Å². The van der Waals surface area contributed by atoms with Gasteiger partial charge in [0.05, 0.1) is 5.56 Å². The fourth-order valence-corrected chi connectivity index (χ4v) is 3.43. The molecule has 1 heterocycles. The summed E-state index contributed by atoms with van der Waals surface area (Å²) in [7, 11) is 0. The molecule has 148 valence electrons. The topological polar surface area (TPSA) is 58.6 Å². The molecule has 6 heteroatoms. The normalized spacial score (nSPS) is 14.7. The predicted octanol–water partition coefficient (Wildman–Crippen LogP) is 4.76. The lowest BCUT2D eigenvalue weighted by molar-refractivity contribution is -0.133. The number of nitrogens with zero attached hydrogens (tertiary/aromatic N) is 1. The maximum absolute atomic E-state index is 12.7. The van der Waals surface area contributed by atoms with E-state index in [9.17, 15) is 9.59 Å². The molecule has 0 atom stereocenters. The first-order chi connectivity index (χ1) is 13.6. The molecule has 3 rings (SSSR count). The van der Waals surface area contributed by atoms with E-state index in [1.807, 2.05) is 23.1 Å². The standard InChI is InChI=1S/C22H25ClN2O3/c23-17-11-12-20(19(15-17)22(27)24-18-9-5-4-6-10-18)28-16-21(26)25-13-7-2-1-3-8-14-25/h4-6,9-12,15H,1-3,7-8,13-14,16H2,(H,24,27). The largest absolute Gasteiger partial charge is 0.483 e. The van der Waals surface area contributed by atoms with Crippen LogP contribution in [0.2, 0.25) is 5.02 Å². The van der Waals surface area contributed by atoms with Crippen LogP contribution in [0, 0.1) is 0 Å². The highest BCUT2D eigenvalue weighted by atomic mass is 35.5. The first kappa shape index (κ1) is 20.2. The van der Waals surface area contributed by atoms with E-state index in [4.69, 9.17) is 16.3 Å². The summed E-state index contributed by atoms with van der Waals surface area (Å²) in [6.45, 7) is 1.45. The summed E-state index contributed by atoms with van der Waals surface area (Å²) in [5.74, 6) is -0.0353. The second-order valence-electron chi connectivity index (χ2n) is 6.90. The maximum Gasteiger partial charge on any atom is 0.260 e. The minimum Gasteiger partial charge on any atom is -0.483 e. The van der Waals surface area contributed by atoms with Crippen molar-refractivity contribution < 1.29 is 14.3 Å². The van der Waals surface area contributed by atoms with Crippen molar-refractivity contribution >= 4 is 29.1 Å². The smallest absolute Gasteiger partial charge is 0.260 e. The van der Waals surface area contributed by atoms with Crippen molar-refractivity contribution in [3.8, 4) is 5.75 Å². The molecule has 1 aliphatic heterocycles. The molecule has 1 saturated heterocycles. The van der Waals surface area contributed by atoms with Gasteiger partial charge < -0.3 is 15.0 Å². The Morgan fingerprint density at radius 3 is 2.36 bits per heavy atom. The van der Waals surface area contributed by atoms with E-state index in [0.29, 0.717) is 22.0 Å². The summed E-state index contributed by atoms with van der Waals surface area (Å²) in [6.07, 6.45) is 5.61. The quantitative estimate of drug-likeness (QED) is 0.786. The molecule has 5 nitrogen and oxygen atoms in total. The Labute approximate surface area is 170 Å². The number of ether oxygens (including phenoxy) is 1. The van der Waals surface area contributed by atoms with Gasteiger partial charge in [0, 0.05) is 23.8 Å². The van der Waals surface area contributed by atoms with Gasteiger partial charge in [0.1, 0.15) is 5.75 Å². The lowest BCUT2D eigenvalue weighted by atomic mass is 10.1. The van der Waals surface area contributed by atoms with E-state index < -0.39 is 0 Å². The Balaban J connectivity index is 1.66. The molecule has 0 bridgehead atoms. The number of carbonyl (C=O) groups is 2. The van der Waals surface area contributed by atoms with E-state index in [1.54, 1.807) is 30.3 Å². The minimum atomic E-state index is -0.331. The van der Waals surface area contributed by atoms with Crippen molar-refractivity contribution in [1.82, 2.24) is 4.90 Å². The Morgan fingerprint density at radius 2 is 1.64 bits per heavy atom. The molecular formula is C22H25ClN2O3. The van der Waals surface area contributed by atoms with Crippen molar-refractivity contribution in [3.05, 3.63) is 59.1 Å². The Bertz CT molecular complexity index is 803. The lowest BCUT2D eigenvalue weighted by Gasteiger charge is -2.25. The Hall–Kier alpha value is -2.53. The van der Waals surface area contributed by atoms with E-state index in [0.717, 1.165) is 38.8 Å². The second-order valence-corrected chi connectivity index (χ2v) is 7.33. The molecule has 0 aromatic heterocycles. The average molecular weight is 401 g/mol. The molecule has 2 amide bonds. The number of hydrogen-bond donors (Lipinski definition) is 1. The fraction of sp³-hybridized carbons (Fsp3) is 0.364. The van der Waals surface area contributed by atoms with Gasteiger partial charge in [-0.1, -0.05) is 49.1 Å². The zero-order valence-electron chi connectivity index (χ0n) is 15.8. The first-order valence-electron chi connectivity index (χ1n) is 9.70. The molecule has 2 aromatic rings. The molecule has 1 fully saturated rings. The summed E-state index contributed by atoms with van der Waals surface area (Å²) < 4.78 is 5.73. The van der Waals surface area contributed by atoms with Gasteiger partial charge in [-0.05, 0) is 43.2 Å². The molecule has 1 N–H and O–H groups in total. The molecule has 0 radical (unpaired) electrons. The highest BCUT2D eigenvalue weighted by Crippen LogP contribution is 2.24. The summed E-state index contributed by atoms with van der Waals surface area (Å²) in [6, 6.07) is 14.0. The van der Waals surface area contributed by atoms with Gasteiger partial charge in [-0.25, -0.2) is 0 Å². The number of para-hydroxylation sites is 1. The van der Waals surface area contributed by atoms with Crippen LogP contribution in [0.25, 0.3) is 0 Å². The number of halogens is 1. The van der Waals surface area contributed by atoms with Crippen LogP contribution in [0.3, 0.4) is 0 Å². The molecule has 1 aliphatic rings. The highest BCUT2D eigenvalue weighted by molar-refractivity contribution is 6.31. The molecule has 0 unspecified atom stereocenters. The van der Waals surface area contributed by atoms with Crippen LogP contribution in [-0.2, 0) is 4.79 Å². The molecule has 2 aromatic carbocycles. The number of likely N-dealkylation sites (tertiary alicyclic amines) is 1. The van der Waals surface area contributed by atoms with Crippen LogP contribution in [0.1, 0.15) is 42.5 Å². The summed E-state index contributed by atoms with van der Waals surface area (Å²) >= 11 is 6.07. The maximum atomic E-state index is 12.7. The average Bonchev–Trinajstić information content (AvgIpc) is 2.67. The highest BCUT2D eigenvalue weighted by Gasteiger charge is 2.18. The third-order valence-electron chi connectivity index (χ3n) is 4.78. The zero-order chi connectivity index (χ0) is 19.8. The number of nitrogens with one attached hydrogen (secondary N) is 1.